The molecule has 3 aromatic rings. The van der Waals surface area contributed by atoms with Crippen molar-refractivity contribution in [2.45, 2.75) is 32.6 Å². The van der Waals surface area contributed by atoms with Gasteiger partial charge in [0.2, 0.25) is 5.91 Å². The molecule has 0 radical (unpaired) electrons. The number of hydrogen-bond acceptors (Lipinski definition) is 2. The molecule has 4 nitrogen and oxygen atoms in total. The second kappa shape index (κ2) is 6.94. The third-order valence-corrected chi connectivity index (χ3v) is 5.38. The fourth-order valence-electron chi connectivity index (χ4n) is 4.06. The van der Waals surface area contributed by atoms with Crippen LogP contribution in [0.15, 0.2) is 48.7 Å². The molecule has 1 saturated heterocycles. The van der Waals surface area contributed by atoms with E-state index in [1.807, 2.05) is 24.9 Å². The lowest BCUT2D eigenvalue weighted by Gasteiger charge is -2.34. The van der Waals surface area contributed by atoms with Crippen molar-refractivity contribution in [1.29, 1.82) is 0 Å². The number of aromatic nitrogens is 2. The summed E-state index contributed by atoms with van der Waals surface area (Å²) >= 11 is 0. The van der Waals surface area contributed by atoms with Crippen LogP contribution in [0.4, 0.5) is 0 Å². The van der Waals surface area contributed by atoms with Crippen LogP contribution in [-0.2, 0) is 4.79 Å². The number of rotatable bonds is 3. The molecule has 4 heteroatoms. The molecular weight excluding hydrogens is 322 g/mol. The molecule has 1 amide bonds. The van der Waals surface area contributed by atoms with Gasteiger partial charge in [-0.05, 0) is 29.2 Å². The van der Waals surface area contributed by atoms with Crippen LogP contribution in [0.3, 0.4) is 0 Å². The summed E-state index contributed by atoms with van der Waals surface area (Å²) in [6, 6.07) is 14.9. The van der Waals surface area contributed by atoms with Crippen LogP contribution < -0.4 is 0 Å². The Morgan fingerprint density at radius 3 is 2.81 bits per heavy atom. The van der Waals surface area contributed by atoms with E-state index in [-0.39, 0.29) is 11.8 Å². The molecule has 0 bridgehead atoms. The fourth-order valence-corrected chi connectivity index (χ4v) is 4.06. The summed E-state index contributed by atoms with van der Waals surface area (Å²) in [5, 5.41) is 10.1. The normalized spacial score (nSPS) is 17.8. The van der Waals surface area contributed by atoms with Gasteiger partial charge in [0.05, 0.1) is 6.20 Å². The summed E-state index contributed by atoms with van der Waals surface area (Å²) < 4.78 is 0. The van der Waals surface area contributed by atoms with Gasteiger partial charge in [-0.3, -0.25) is 9.89 Å². The maximum atomic E-state index is 12.4. The van der Waals surface area contributed by atoms with Gasteiger partial charge < -0.3 is 4.90 Å². The van der Waals surface area contributed by atoms with Crippen LogP contribution >= 0.6 is 0 Å². The maximum Gasteiger partial charge on any atom is 0.225 e. The molecule has 1 N–H and O–H groups in total. The molecule has 1 unspecified atom stereocenters. The highest BCUT2D eigenvalue weighted by Crippen LogP contribution is 2.36. The number of carbonyl (C=O) groups excluding carboxylic acids is 1. The predicted octanol–water partition coefficient (Wildman–Crippen LogP) is 4.59. The molecule has 4 rings (SSSR count). The number of carbonyl (C=O) groups is 1. The first-order chi connectivity index (χ1) is 12.6. The summed E-state index contributed by atoms with van der Waals surface area (Å²) in [5.41, 5.74) is 3.52. The smallest absolute Gasteiger partial charge is 0.225 e. The highest BCUT2D eigenvalue weighted by molar-refractivity contribution is 5.97. The SMILES string of the molecule is CC(C)C(=O)N1CCCC(c2[nH]ncc2-c2cccc3ccccc23)C1. The minimum Gasteiger partial charge on any atom is -0.342 e. The Bertz CT molecular complexity index is 923. The van der Waals surface area contributed by atoms with Gasteiger partial charge in [0.15, 0.2) is 0 Å². The quantitative estimate of drug-likeness (QED) is 0.753. The van der Waals surface area contributed by atoms with Crippen molar-refractivity contribution in [3.05, 3.63) is 54.4 Å². The largest absolute Gasteiger partial charge is 0.342 e. The Hall–Kier alpha value is -2.62. The van der Waals surface area contributed by atoms with E-state index in [4.69, 9.17) is 0 Å². The Balaban J connectivity index is 1.70. The first-order valence-corrected chi connectivity index (χ1v) is 9.45. The lowest BCUT2D eigenvalue weighted by Crippen LogP contribution is -2.41. The Morgan fingerprint density at radius 2 is 1.96 bits per heavy atom. The third kappa shape index (κ3) is 3.00. The molecule has 2 heterocycles. The molecule has 1 aliphatic heterocycles. The average Bonchev–Trinajstić information content (AvgIpc) is 3.16. The number of benzene rings is 2. The van der Waals surface area contributed by atoms with Crippen LogP contribution in [-0.4, -0.2) is 34.1 Å². The highest BCUT2D eigenvalue weighted by Gasteiger charge is 2.28. The van der Waals surface area contributed by atoms with Crippen molar-refractivity contribution in [2.24, 2.45) is 5.92 Å². The van der Waals surface area contributed by atoms with Crippen LogP contribution in [0.25, 0.3) is 21.9 Å². The molecule has 0 aliphatic carbocycles. The predicted molar refractivity (Wildman–Crippen MR) is 105 cm³/mol. The number of aromatic amines is 1. The van der Waals surface area contributed by atoms with Gasteiger partial charge in [-0.25, -0.2) is 0 Å². The summed E-state index contributed by atoms with van der Waals surface area (Å²) in [6.07, 6.45) is 4.05. The number of fused-ring (bicyclic) bond motifs is 1. The summed E-state index contributed by atoms with van der Waals surface area (Å²) in [4.78, 5) is 14.5. The van der Waals surface area contributed by atoms with E-state index >= 15 is 0 Å². The van der Waals surface area contributed by atoms with Crippen LogP contribution in [0.2, 0.25) is 0 Å². The first kappa shape index (κ1) is 16.8. The van der Waals surface area contributed by atoms with Crippen molar-refractivity contribution in [3.63, 3.8) is 0 Å². The standard InChI is InChI=1S/C22H25N3O/c1-15(2)22(26)25-12-6-9-17(14-25)21-20(13-23-24-21)19-11-5-8-16-7-3-4-10-18(16)19/h3-5,7-8,10-11,13,15,17H,6,9,12,14H2,1-2H3,(H,23,24). The van der Waals surface area contributed by atoms with Gasteiger partial charge in [0, 0.05) is 36.2 Å². The van der Waals surface area contributed by atoms with Crippen molar-refractivity contribution < 1.29 is 4.79 Å². The fraction of sp³-hybridized carbons (Fsp3) is 0.364. The van der Waals surface area contributed by atoms with Crippen LogP contribution in [0.5, 0.6) is 0 Å². The zero-order valence-electron chi connectivity index (χ0n) is 15.4. The van der Waals surface area contributed by atoms with Crippen molar-refractivity contribution in [2.75, 3.05) is 13.1 Å². The number of H-pyrrole nitrogens is 1. The van der Waals surface area contributed by atoms with E-state index in [0.29, 0.717) is 5.92 Å². The van der Waals surface area contributed by atoms with E-state index in [1.165, 1.54) is 16.3 Å². The number of amides is 1. The molecule has 26 heavy (non-hydrogen) atoms. The monoisotopic (exact) mass is 347 g/mol. The summed E-state index contributed by atoms with van der Waals surface area (Å²) in [5.74, 6) is 0.608. The lowest BCUT2D eigenvalue weighted by atomic mass is 9.89. The van der Waals surface area contributed by atoms with Gasteiger partial charge in [0.1, 0.15) is 0 Å². The van der Waals surface area contributed by atoms with Gasteiger partial charge >= 0.3 is 0 Å². The van der Waals surface area contributed by atoms with E-state index in [2.05, 4.69) is 52.7 Å². The summed E-state index contributed by atoms with van der Waals surface area (Å²) in [6.45, 7) is 5.59. The van der Waals surface area contributed by atoms with Crippen molar-refractivity contribution in [3.8, 4) is 11.1 Å². The zero-order valence-corrected chi connectivity index (χ0v) is 15.4. The molecule has 134 valence electrons. The number of nitrogens with zero attached hydrogens (tertiary/aromatic N) is 2. The Morgan fingerprint density at radius 1 is 1.15 bits per heavy atom. The van der Waals surface area contributed by atoms with Crippen LogP contribution in [0.1, 0.15) is 38.3 Å². The van der Waals surface area contributed by atoms with E-state index in [0.717, 1.165) is 37.2 Å². The van der Waals surface area contributed by atoms with E-state index in [1.54, 1.807) is 0 Å². The van der Waals surface area contributed by atoms with E-state index in [9.17, 15) is 4.79 Å². The Labute approximate surface area is 154 Å². The minimum atomic E-state index is 0.0491. The second-order valence-corrected chi connectivity index (χ2v) is 7.50. The minimum absolute atomic E-state index is 0.0491. The molecule has 2 aromatic carbocycles. The third-order valence-electron chi connectivity index (χ3n) is 5.38. The summed E-state index contributed by atoms with van der Waals surface area (Å²) in [7, 11) is 0. The van der Waals surface area contributed by atoms with Gasteiger partial charge in [-0.15, -0.1) is 0 Å². The number of likely N-dealkylation sites (tertiary alicyclic amines) is 1. The average molecular weight is 347 g/mol. The van der Waals surface area contributed by atoms with Gasteiger partial charge in [-0.2, -0.15) is 5.10 Å². The van der Waals surface area contributed by atoms with Crippen LogP contribution in [0, 0.1) is 5.92 Å². The molecule has 0 saturated carbocycles. The number of piperidine rings is 1. The van der Waals surface area contributed by atoms with Gasteiger partial charge in [-0.1, -0.05) is 56.3 Å². The first-order valence-electron chi connectivity index (χ1n) is 9.45. The molecular formula is C22H25N3O. The Kier molecular flexibility index (Phi) is 4.49. The van der Waals surface area contributed by atoms with E-state index < -0.39 is 0 Å². The molecule has 1 fully saturated rings. The van der Waals surface area contributed by atoms with Crippen molar-refractivity contribution in [1.82, 2.24) is 15.1 Å². The number of hydrogen-bond donors (Lipinski definition) is 1. The van der Waals surface area contributed by atoms with Crippen molar-refractivity contribution >= 4 is 16.7 Å². The molecule has 1 aliphatic rings. The highest BCUT2D eigenvalue weighted by atomic mass is 16.2. The molecule has 1 aromatic heterocycles. The van der Waals surface area contributed by atoms with Gasteiger partial charge in [0.25, 0.3) is 0 Å². The molecule has 1 atom stereocenters. The maximum absolute atomic E-state index is 12.4. The topological polar surface area (TPSA) is 49.0 Å². The second-order valence-electron chi connectivity index (χ2n) is 7.50. The number of nitrogens with one attached hydrogen (secondary N) is 1. The lowest BCUT2D eigenvalue weighted by molar-refractivity contribution is -0.135. The molecule has 0 spiro atoms. The zero-order chi connectivity index (χ0) is 18.1.